The Bertz CT molecular complexity index is 1010. The number of para-hydroxylation sites is 1. The van der Waals surface area contributed by atoms with Crippen molar-refractivity contribution in [2.45, 2.75) is 44.1 Å². The molecule has 0 fully saturated rings. The summed E-state index contributed by atoms with van der Waals surface area (Å²) in [5.41, 5.74) is 4.80. The lowest BCUT2D eigenvalue weighted by Crippen LogP contribution is -2.40. The fourth-order valence-corrected chi connectivity index (χ4v) is 4.65. The summed E-state index contributed by atoms with van der Waals surface area (Å²) in [5.74, 6) is 0.972. The summed E-state index contributed by atoms with van der Waals surface area (Å²) in [5, 5.41) is 9.13. The van der Waals surface area contributed by atoms with Crippen LogP contribution >= 0.6 is 11.8 Å². The second kappa shape index (κ2) is 7.80. The van der Waals surface area contributed by atoms with Gasteiger partial charge in [-0.3, -0.25) is 9.36 Å². The zero-order valence-corrected chi connectivity index (χ0v) is 17.2. The van der Waals surface area contributed by atoms with Crippen LogP contribution < -0.4 is 0 Å². The molecule has 0 bridgehead atoms. The van der Waals surface area contributed by atoms with Crippen LogP contribution in [-0.4, -0.2) is 37.4 Å². The van der Waals surface area contributed by atoms with Gasteiger partial charge >= 0.3 is 0 Å². The van der Waals surface area contributed by atoms with E-state index in [0.717, 1.165) is 35.2 Å². The van der Waals surface area contributed by atoms with Gasteiger partial charge in [-0.25, -0.2) is 0 Å². The number of aryl methyl sites for hydroxylation is 2. The molecule has 1 amide bonds. The van der Waals surface area contributed by atoms with Crippen LogP contribution in [-0.2, 0) is 17.8 Å². The van der Waals surface area contributed by atoms with Gasteiger partial charge in [0.15, 0.2) is 5.16 Å². The maximum Gasteiger partial charge on any atom is 0.236 e. The minimum absolute atomic E-state index is 0.150. The topological polar surface area (TPSA) is 51.0 Å². The van der Waals surface area contributed by atoms with Crippen molar-refractivity contribution in [2.24, 2.45) is 0 Å². The minimum atomic E-state index is -0.225. The third kappa shape index (κ3) is 3.56. The van der Waals surface area contributed by atoms with E-state index in [2.05, 4.69) is 47.5 Å². The summed E-state index contributed by atoms with van der Waals surface area (Å²) in [6.07, 6.45) is 0.914. The van der Waals surface area contributed by atoms with Crippen LogP contribution in [0.4, 0.5) is 0 Å². The van der Waals surface area contributed by atoms with Gasteiger partial charge in [0.05, 0.1) is 10.9 Å². The standard InChI is InChI=1S/C22H24N4OS/c1-15-8-4-7-11-20(15)26-17(3)23-24-22(26)28-16(2)21(27)25-13-12-18-9-5-6-10-19(18)14-25/h4-11,16H,12-14H2,1-3H3. The maximum absolute atomic E-state index is 13.1. The average Bonchev–Trinajstić information content (AvgIpc) is 3.07. The van der Waals surface area contributed by atoms with Crippen molar-refractivity contribution in [3.05, 3.63) is 71.0 Å². The summed E-state index contributed by atoms with van der Waals surface area (Å²) in [6.45, 7) is 7.42. The molecule has 1 unspecified atom stereocenters. The monoisotopic (exact) mass is 392 g/mol. The number of hydrogen-bond acceptors (Lipinski definition) is 4. The number of nitrogens with zero attached hydrogens (tertiary/aromatic N) is 4. The normalized spacial score (nSPS) is 14.6. The summed E-state index contributed by atoms with van der Waals surface area (Å²) in [7, 11) is 0. The van der Waals surface area contributed by atoms with E-state index in [4.69, 9.17) is 0 Å². The lowest BCUT2D eigenvalue weighted by atomic mass is 10.00. The van der Waals surface area contributed by atoms with Gasteiger partial charge in [-0.1, -0.05) is 54.2 Å². The molecule has 28 heavy (non-hydrogen) atoms. The highest BCUT2D eigenvalue weighted by atomic mass is 32.2. The highest BCUT2D eigenvalue weighted by Crippen LogP contribution is 2.29. The molecule has 0 spiro atoms. The smallest absolute Gasteiger partial charge is 0.236 e. The molecule has 2 heterocycles. The minimum Gasteiger partial charge on any atom is -0.337 e. The number of carbonyl (C=O) groups is 1. The Morgan fingerprint density at radius 1 is 1.04 bits per heavy atom. The fraction of sp³-hybridized carbons (Fsp3) is 0.318. The average molecular weight is 393 g/mol. The molecule has 144 valence electrons. The van der Waals surface area contributed by atoms with E-state index in [9.17, 15) is 4.79 Å². The molecule has 0 saturated carbocycles. The number of amides is 1. The Kier molecular flexibility index (Phi) is 5.22. The van der Waals surface area contributed by atoms with Crippen LogP contribution in [0.15, 0.2) is 53.7 Å². The first-order chi connectivity index (χ1) is 13.5. The van der Waals surface area contributed by atoms with E-state index in [1.165, 1.54) is 22.9 Å². The molecule has 1 atom stereocenters. The van der Waals surface area contributed by atoms with E-state index in [0.29, 0.717) is 6.54 Å². The Morgan fingerprint density at radius 3 is 2.54 bits per heavy atom. The molecule has 2 aromatic carbocycles. The number of aromatic nitrogens is 3. The molecular formula is C22H24N4OS. The molecule has 6 heteroatoms. The molecule has 5 nitrogen and oxygen atoms in total. The van der Waals surface area contributed by atoms with Crippen molar-refractivity contribution in [1.82, 2.24) is 19.7 Å². The van der Waals surface area contributed by atoms with Crippen molar-refractivity contribution in [3.8, 4) is 5.69 Å². The summed E-state index contributed by atoms with van der Waals surface area (Å²) < 4.78 is 2.04. The van der Waals surface area contributed by atoms with Crippen molar-refractivity contribution in [2.75, 3.05) is 6.54 Å². The molecule has 0 N–H and O–H groups in total. The van der Waals surface area contributed by atoms with E-state index in [-0.39, 0.29) is 11.2 Å². The predicted molar refractivity (Wildman–Crippen MR) is 112 cm³/mol. The first-order valence-corrected chi connectivity index (χ1v) is 10.4. The van der Waals surface area contributed by atoms with E-state index in [1.54, 1.807) is 0 Å². The first kappa shape index (κ1) is 18.7. The van der Waals surface area contributed by atoms with Crippen LogP contribution in [0, 0.1) is 13.8 Å². The quantitative estimate of drug-likeness (QED) is 0.631. The Balaban J connectivity index is 1.53. The van der Waals surface area contributed by atoms with Gasteiger partial charge in [0.25, 0.3) is 0 Å². The number of fused-ring (bicyclic) bond motifs is 1. The summed E-state index contributed by atoms with van der Waals surface area (Å²) in [4.78, 5) is 15.0. The number of hydrogen-bond donors (Lipinski definition) is 0. The number of thioether (sulfide) groups is 1. The highest BCUT2D eigenvalue weighted by Gasteiger charge is 2.27. The van der Waals surface area contributed by atoms with E-state index >= 15 is 0 Å². The van der Waals surface area contributed by atoms with Gasteiger partial charge in [0, 0.05) is 13.1 Å². The number of benzene rings is 2. The van der Waals surface area contributed by atoms with Gasteiger partial charge < -0.3 is 4.90 Å². The SMILES string of the molecule is Cc1ccccc1-n1c(C)nnc1SC(C)C(=O)N1CCc2ccccc2C1. The first-order valence-electron chi connectivity index (χ1n) is 9.55. The lowest BCUT2D eigenvalue weighted by Gasteiger charge is -2.30. The Labute approximate surface area is 169 Å². The van der Waals surface area contributed by atoms with E-state index in [1.807, 2.05) is 41.5 Å². The third-order valence-corrected chi connectivity index (χ3v) is 6.25. The molecule has 1 aliphatic rings. The zero-order valence-electron chi connectivity index (χ0n) is 16.4. The Morgan fingerprint density at radius 2 is 1.75 bits per heavy atom. The van der Waals surface area contributed by atoms with Gasteiger partial charge in [-0.05, 0) is 49.9 Å². The second-order valence-corrected chi connectivity index (χ2v) is 8.50. The molecule has 0 saturated heterocycles. The Hall–Kier alpha value is -2.60. The molecule has 1 aromatic heterocycles. The van der Waals surface area contributed by atoms with Crippen LogP contribution in [0.5, 0.6) is 0 Å². The van der Waals surface area contributed by atoms with Gasteiger partial charge in [-0.15, -0.1) is 10.2 Å². The van der Waals surface area contributed by atoms with Crippen molar-refractivity contribution in [1.29, 1.82) is 0 Å². The van der Waals surface area contributed by atoms with Crippen molar-refractivity contribution >= 4 is 17.7 Å². The van der Waals surface area contributed by atoms with Crippen LogP contribution in [0.25, 0.3) is 5.69 Å². The summed E-state index contributed by atoms with van der Waals surface area (Å²) >= 11 is 1.48. The van der Waals surface area contributed by atoms with Crippen LogP contribution in [0.2, 0.25) is 0 Å². The predicted octanol–water partition coefficient (Wildman–Crippen LogP) is 3.95. The molecule has 0 radical (unpaired) electrons. The van der Waals surface area contributed by atoms with Crippen molar-refractivity contribution < 1.29 is 4.79 Å². The third-order valence-electron chi connectivity index (χ3n) is 5.22. The molecular weight excluding hydrogens is 368 g/mol. The number of rotatable bonds is 4. The van der Waals surface area contributed by atoms with Gasteiger partial charge in [0.2, 0.25) is 5.91 Å². The van der Waals surface area contributed by atoms with E-state index < -0.39 is 0 Å². The van der Waals surface area contributed by atoms with Crippen LogP contribution in [0.3, 0.4) is 0 Å². The molecule has 3 aromatic rings. The molecule has 1 aliphatic heterocycles. The lowest BCUT2D eigenvalue weighted by molar-refractivity contribution is -0.131. The van der Waals surface area contributed by atoms with Gasteiger partial charge in [-0.2, -0.15) is 0 Å². The number of carbonyl (C=O) groups excluding carboxylic acids is 1. The van der Waals surface area contributed by atoms with Crippen LogP contribution in [0.1, 0.15) is 29.4 Å². The van der Waals surface area contributed by atoms with Crippen molar-refractivity contribution in [3.63, 3.8) is 0 Å². The summed E-state index contributed by atoms with van der Waals surface area (Å²) in [6, 6.07) is 16.5. The largest absolute Gasteiger partial charge is 0.337 e. The fourth-order valence-electron chi connectivity index (χ4n) is 3.66. The molecule has 0 aliphatic carbocycles. The van der Waals surface area contributed by atoms with Gasteiger partial charge in [0.1, 0.15) is 5.82 Å². The highest BCUT2D eigenvalue weighted by molar-refractivity contribution is 8.00. The second-order valence-electron chi connectivity index (χ2n) is 7.19. The zero-order chi connectivity index (χ0) is 19.7. The molecule has 4 rings (SSSR count). The maximum atomic E-state index is 13.1.